The van der Waals surface area contributed by atoms with E-state index in [0.29, 0.717) is 16.7 Å². The molecule has 0 aliphatic rings. The molecule has 9 N–H and O–H groups in total. The van der Waals surface area contributed by atoms with Gasteiger partial charge in [-0.3, -0.25) is 14.4 Å². The van der Waals surface area contributed by atoms with Crippen molar-refractivity contribution >= 4 is 36.3 Å². The first-order valence-corrected chi connectivity index (χ1v) is 13.9. The van der Waals surface area contributed by atoms with Gasteiger partial charge in [0, 0.05) is 18.6 Å². The highest BCUT2D eigenvalue weighted by molar-refractivity contribution is 7.80. The molecule has 3 aromatic rings. The Bertz CT molecular complexity index is 1400. The molecule has 12 nitrogen and oxygen atoms in total. The van der Waals surface area contributed by atoms with Gasteiger partial charge >= 0.3 is 5.97 Å². The number of carboxylic acid groups (broad SMARTS) is 1. The summed E-state index contributed by atoms with van der Waals surface area (Å²) in [6.07, 6.45) is 0.0363. The second-order valence-electron chi connectivity index (χ2n) is 9.92. The van der Waals surface area contributed by atoms with Crippen molar-refractivity contribution in [2.45, 2.75) is 43.4 Å². The Morgan fingerprint density at radius 2 is 0.907 bits per heavy atom. The third-order valence-electron chi connectivity index (χ3n) is 6.54. The van der Waals surface area contributed by atoms with Gasteiger partial charge in [-0.05, 0) is 59.5 Å². The number of nitrogens with two attached hydrogens (primary N) is 1. The Morgan fingerprint density at radius 3 is 1.26 bits per heavy atom. The molecule has 0 aliphatic heterocycles. The lowest BCUT2D eigenvalue weighted by Crippen LogP contribution is -2.58. The lowest BCUT2D eigenvalue weighted by Gasteiger charge is -2.25. The summed E-state index contributed by atoms with van der Waals surface area (Å²) >= 11 is 3.97. The highest BCUT2D eigenvalue weighted by Crippen LogP contribution is 2.15. The molecule has 3 rings (SSSR count). The van der Waals surface area contributed by atoms with Crippen LogP contribution in [0.2, 0.25) is 0 Å². The molecular weight excluding hydrogens is 576 g/mol. The number of thiol groups is 1. The Kier molecular flexibility index (Phi) is 11.8. The van der Waals surface area contributed by atoms with E-state index in [1.54, 1.807) is 36.4 Å². The minimum Gasteiger partial charge on any atom is -0.508 e. The van der Waals surface area contributed by atoms with E-state index in [1.165, 1.54) is 36.4 Å². The van der Waals surface area contributed by atoms with Crippen LogP contribution in [0.15, 0.2) is 72.8 Å². The van der Waals surface area contributed by atoms with Crippen molar-refractivity contribution in [2.75, 3.05) is 5.75 Å². The zero-order valence-corrected chi connectivity index (χ0v) is 23.9. The standard InChI is InChI=1S/C30H34N4O8S/c31-23(13-17-1-7-20(35)8-2-17)27(38)32-24(14-18-3-9-21(36)10-4-18)28(39)33-25(15-19-5-11-22(37)12-6-19)29(40)34-26(16-43)30(41)42/h1-12,23-26,35-37,43H,13-16,31H2,(H,32,38)(H,33,39)(H,34,40)(H,41,42). The highest BCUT2D eigenvalue weighted by Gasteiger charge is 2.30. The molecule has 0 saturated carbocycles. The van der Waals surface area contributed by atoms with Crippen LogP contribution < -0.4 is 21.7 Å². The Hall–Kier alpha value is -4.75. The van der Waals surface area contributed by atoms with Crippen LogP contribution in [0.4, 0.5) is 0 Å². The molecule has 0 spiro atoms. The van der Waals surface area contributed by atoms with Gasteiger partial charge in [-0.1, -0.05) is 36.4 Å². The molecule has 43 heavy (non-hydrogen) atoms. The predicted molar refractivity (Wildman–Crippen MR) is 161 cm³/mol. The van der Waals surface area contributed by atoms with Crippen molar-refractivity contribution in [3.05, 3.63) is 89.5 Å². The molecule has 13 heteroatoms. The van der Waals surface area contributed by atoms with E-state index in [1.807, 2.05) is 0 Å². The predicted octanol–water partition coefficient (Wildman–Crippen LogP) is 0.627. The number of carboxylic acids is 1. The fraction of sp³-hybridized carbons (Fsp3) is 0.267. The van der Waals surface area contributed by atoms with E-state index in [2.05, 4.69) is 28.6 Å². The third kappa shape index (κ3) is 10.2. The van der Waals surface area contributed by atoms with Gasteiger partial charge in [0.05, 0.1) is 6.04 Å². The Balaban J connectivity index is 1.83. The lowest BCUT2D eigenvalue weighted by molar-refractivity contribution is -0.141. The summed E-state index contributed by atoms with van der Waals surface area (Å²) in [5.41, 5.74) is 7.96. The van der Waals surface area contributed by atoms with E-state index >= 15 is 0 Å². The highest BCUT2D eigenvalue weighted by atomic mass is 32.1. The average molecular weight is 611 g/mol. The van der Waals surface area contributed by atoms with Gasteiger partial charge in [-0.2, -0.15) is 12.6 Å². The normalized spacial score (nSPS) is 13.6. The molecule has 0 aliphatic carbocycles. The van der Waals surface area contributed by atoms with Crippen LogP contribution in [0.3, 0.4) is 0 Å². The number of hydrogen-bond acceptors (Lipinski definition) is 9. The summed E-state index contributed by atoms with van der Waals surface area (Å²) in [5, 5.41) is 45.8. The van der Waals surface area contributed by atoms with Crippen molar-refractivity contribution in [1.29, 1.82) is 0 Å². The molecule has 0 fully saturated rings. The number of aromatic hydroxyl groups is 3. The fourth-order valence-electron chi connectivity index (χ4n) is 4.14. The van der Waals surface area contributed by atoms with Crippen LogP contribution in [0, 0.1) is 0 Å². The number of rotatable bonds is 14. The quantitative estimate of drug-likeness (QED) is 0.117. The first-order valence-electron chi connectivity index (χ1n) is 13.3. The van der Waals surface area contributed by atoms with E-state index in [0.717, 1.165) is 0 Å². The first-order chi connectivity index (χ1) is 20.4. The zero-order valence-electron chi connectivity index (χ0n) is 23.0. The van der Waals surface area contributed by atoms with Crippen molar-refractivity contribution < 1.29 is 39.6 Å². The summed E-state index contributed by atoms with van der Waals surface area (Å²) in [6, 6.07) is 13.2. The lowest BCUT2D eigenvalue weighted by atomic mass is 10.0. The molecule has 0 saturated heterocycles. The Morgan fingerprint density at radius 1 is 0.581 bits per heavy atom. The van der Waals surface area contributed by atoms with Crippen LogP contribution in [0.25, 0.3) is 0 Å². The summed E-state index contributed by atoms with van der Waals surface area (Å²) in [4.78, 5) is 51.4. The number of hydrogen-bond donors (Lipinski definition) is 9. The molecule has 0 aromatic heterocycles. The largest absolute Gasteiger partial charge is 0.508 e. The van der Waals surface area contributed by atoms with E-state index < -0.39 is 47.9 Å². The second-order valence-corrected chi connectivity index (χ2v) is 10.3. The maximum absolute atomic E-state index is 13.6. The smallest absolute Gasteiger partial charge is 0.327 e. The number of benzene rings is 3. The maximum Gasteiger partial charge on any atom is 0.327 e. The molecule has 3 aromatic carbocycles. The number of phenolic OH excluding ortho intramolecular Hbond substituents is 3. The molecule has 0 bridgehead atoms. The molecule has 0 radical (unpaired) electrons. The van der Waals surface area contributed by atoms with Crippen molar-refractivity contribution in [1.82, 2.24) is 16.0 Å². The zero-order chi connectivity index (χ0) is 31.5. The van der Waals surface area contributed by atoms with E-state index in [9.17, 15) is 39.6 Å². The molecule has 4 atom stereocenters. The summed E-state index contributed by atoms with van der Waals surface area (Å²) < 4.78 is 0. The molecule has 4 unspecified atom stereocenters. The second kappa shape index (κ2) is 15.5. The van der Waals surface area contributed by atoms with Crippen molar-refractivity contribution in [3.8, 4) is 17.2 Å². The topological polar surface area (TPSA) is 211 Å². The number of carbonyl (C=O) groups is 4. The van der Waals surface area contributed by atoms with E-state index in [4.69, 9.17) is 5.73 Å². The number of nitrogens with one attached hydrogen (secondary N) is 3. The summed E-state index contributed by atoms with van der Waals surface area (Å²) in [6.45, 7) is 0. The Labute approximate surface area is 253 Å². The van der Waals surface area contributed by atoms with Crippen LogP contribution in [-0.4, -0.2) is 74.0 Å². The van der Waals surface area contributed by atoms with Crippen LogP contribution >= 0.6 is 12.6 Å². The van der Waals surface area contributed by atoms with Gasteiger partial charge in [0.25, 0.3) is 0 Å². The van der Waals surface area contributed by atoms with Crippen LogP contribution in [0.1, 0.15) is 16.7 Å². The molecular formula is C30H34N4O8S. The fourth-order valence-corrected chi connectivity index (χ4v) is 4.39. The summed E-state index contributed by atoms with van der Waals surface area (Å²) in [7, 11) is 0. The minimum atomic E-state index is -1.32. The van der Waals surface area contributed by atoms with Gasteiger partial charge in [0.1, 0.15) is 35.4 Å². The SMILES string of the molecule is NC(Cc1ccc(O)cc1)C(=O)NC(Cc1ccc(O)cc1)C(=O)NC(Cc1ccc(O)cc1)C(=O)NC(CS)C(=O)O. The van der Waals surface area contributed by atoms with Crippen molar-refractivity contribution in [2.24, 2.45) is 5.73 Å². The molecule has 228 valence electrons. The van der Waals surface area contributed by atoms with Gasteiger partial charge in [0.15, 0.2) is 0 Å². The van der Waals surface area contributed by atoms with Crippen molar-refractivity contribution in [3.63, 3.8) is 0 Å². The maximum atomic E-state index is 13.6. The monoisotopic (exact) mass is 610 g/mol. The van der Waals surface area contributed by atoms with E-state index in [-0.39, 0.29) is 42.3 Å². The number of amides is 3. The van der Waals surface area contributed by atoms with Crippen LogP contribution in [-0.2, 0) is 38.4 Å². The number of carbonyl (C=O) groups excluding carboxylic acids is 3. The van der Waals surface area contributed by atoms with Gasteiger partial charge in [0.2, 0.25) is 17.7 Å². The minimum absolute atomic E-state index is 0.00452. The summed E-state index contributed by atoms with van der Waals surface area (Å²) in [5.74, 6) is -3.62. The number of phenols is 3. The molecule has 0 heterocycles. The third-order valence-corrected chi connectivity index (χ3v) is 6.91. The molecule has 3 amide bonds. The van der Waals surface area contributed by atoms with Gasteiger partial charge < -0.3 is 42.1 Å². The average Bonchev–Trinajstić information content (AvgIpc) is 2.98. The first kappa shape index (κ1) is 32.8. The van der Waals surface area contributed by atoms with Gasteiger partial charge in [-0.15, -0.1) is 0 Å². The van der Waals surface area contributed by atoms with Crippen LogP contribution in [0.5, 0.6) is 17.2 Å². The van der Waals surface area contributed by atoms with Gasteiger partial charge in [-0.25, -0.2) is 4.79 Å². The number of aliphatic carboxylic acids is 1.